The fourth-order valence-electron chi connectivity index (χ4n) is 1.55. The summed E-state index contributed by atoms with van der Waals surface area (Å²) in [4.78, 5) is 2.37. The second-order valence-corrected chi connectivity index (χ2v) is 4.81. The van der Waals surface area contributed by atoms with Crippen LogP contribution in [0.3, 0.4) is 0 Å². The van der Waals surface area contributed by atoms with E-state index in [1.54, 1.807) is 11.8 Å². The van der Waals surface area contributed by atoms with Crippen molar-refractivity contribution >= 4 is 34.7 Å². The minimum atomic E-state index is 0. The van der Waals surface area contributed by atoms with Crippen molar-refractivity contribution in [3.63, 3.8) is 0 Å². The van der Waals surface area contributed by atoms with Gasteiger partial charge in [-0.1, -0.05) is 47.6 Å². The maximum atomic E-state index is 5.93. The first-order chi connectivity index (χ1) is 7.33. The quantitative estimate of drug-likeness (QED) is 0.572. The fraction of sp³-hybridized carbons (Fsp3) is 0. The van der Waals surface area contributed by atoms with E-state index in [1.165, 1.54) is 4.90 Å². The minimum Gasteiger partial charge on any atom is -0.656 e. The van der Waals surface area contributed by atoms with E-state index < -0.39 is 0 Å². The average Bonchev–Trinajstić information content (AvgIpc) is 2.26. The Morgan fingerprint density at radius 3 is 2.56 bits per heavy atom. The van der Waals surface area contributed by atoms with E-state index in [-0.39, 0.29) is 51.4 Å². The topological polar surface area (TPSA) is 14.1 Å². The van der Waals surface area contributed by atoms with Crippen LogP contribution in [-0.2, 0) is 0 Å². The summed E-state index contributed by atoms with van der Waals surface area (Å²) in [5.74, 6) is 0. The third-order valence-electron chi connectivity index (χ3n) is 2.25. The summed E-state index contributed by atoms with van der Waals surface area (Å²) in [6, 6.07) is 14.0. The Kier molecular flexibility index (Phi) is 4.41. The van der Waals surface area contributed by atoms with Crippen molar-refractivity contribution in [2.24, 2.45) is 0 Å². The normalized spacial score (nSPS) is 11.8. The summed E-state index contributed by atoms with van der Waals surface area (Å²) in [5.41, 5.74) is 1.99. The Balaban J connectivity index is 0.000000963. The molecule has 2 aromatic carbocycles. The molecule has 3 rings (SSSR count). The van der Waals surface area contributed by atoms with Crippen molar-refractivity contribution < 1.29 is 51.4 Å². The third kappa shape index (κ3) is 2.51. The average molecular weight is 272 g/mol. The van der Waals surface area contributed by atoms with Gasteiger partial charge in [0.1, 0.15) is 0 Å². The van der Waals surface area contributed by atoms with Crippen LogP contribution >= 0.6 is 23.4 Å². The molecule has 0 amide bonds. The number of halogens is 1. The van der Waals surface area contributed by atoms with Gasteiger partial charge in [-0.25, -0.2) is 0 Å². The van der Waals surface area contributed by atoms with Crippen LogP contribution in [-0.4, -0.2) is 0 Å². The van der Waals surface area contributed by atoms with Crippen molar-refractivity contribution in [2.75, 3.05) is 0 Å². The van der Waals surface area contributed by atoms with Crippen molar-refractivity contribution in [3.05, 3.63) is 52.8 Å². The smallest absolute Gasteiger partial charge is 0.656 e. The van der Waals surface area contributed by atoms with Crippen LogP contribution in [0, 0.1) is 0 Å². The molecule has 0 N–H and O–H groups in total. The van der Waals surface area contributed by atoms with Gasteiger partial charge in [-0.2, -0.15) is 0 Å². The van der Waals surface area contributed by atoms with Crippen LogP contribution in [0.4, 0.5) is 11.4 Å². The summed E-state index contributed by atoms with van der Waals surface area (Å²) in [5, 5.41) is 5.30. The van der Waals surface area contributed by atoms with Crippen LogP contribution in [0.2, 0.25) is 5.02 Å². The molecular formula is C12H7ClKNS. The molecule has 0 saturated carbocycles. The summed E-state index contributed by atoms with van der Waals surface area (Å²) in [6.45, 7) is 0. The second-order valence-electron chi connectivity index (χ2n) is 3.29. The van der Waals surface area contributed by atoms with Crippen LogP contribution < -0.4 is 51.4 Å². The number of nitrogens with zero attached hydrogens (tertiary/aromatic N) is 1. The zero-order chi connectivity index (χ0) is 10.3. The van der Waals surface area contributed by atoms with E-state index in [0.717, 1.165) is 21.3 Å². The first-order valence-corrected chi connectivity index (χ1v) is 5.80. The first-order valence-electron chi connectivity index (χ1n) is 4.61. The zero-order valence-electron chi connectivity index (χ0n) is 8.77. The molecule has 2 aromatic rings. The number of benzene rings is 2. The van der Waals surface area contributed by atoms with Crippen LogP contribution in [0.1, 0.15) is 0 Å². The van der Waals surface area contributed by atoms with Gasteiger partial charge in [-0.3, -0.25) is 0 Å². The van der Waals surface area contributed by atoms with Crippen molar-refractivity contribution in [1.82, 2.24) is 0 Å². The molecule has 0 aromatic heterocycles. The monoisotopic (exact) mass is 271 g/mol. The Bertz CT molecular complexity index is 530. The molecule has 0 fully saturated rings. The van der Waals surface area contributed by atoms with Crippen molar-refractivity contribution in [3.8, 4) is 0 Å². The predicted octanol–water partition coefficient (Wildman–Crippen LogP) is 2.15. The standard InChI is InChI=1S/C12H7ClNS.K/c13-8-5-6-12-10(7-8)14-9-3-1-2-4-11(9)15-12;/h1-7H;/q-1;+1. The molecule has 0 radical (unpaired) electrons. The van der Waals surface area contributed by atoms with E-state index in [0.29, 0.717) is 0 Å². The zero-order valence-corrected chi connectivity index (χ0v) is 13.5. The molecule has 0 saturated heterocycles. The molecule has 0 spiro atoms. The van der Waals surface area contributed by atoms with Gasteiger partial charge in [-0.15, -0.1) is 11.4 Å². The Hall–Kier alpha value is 0.516. The summed E-state index contributed by atoms with van der Waals surface area (Å²) in [6.07, 6.45) is 0. The molecule has 1 heterocycles. The molecule has 1 aliphatic rings. The van der Waals surface area contributed by atoms with E-state index in [2.05, 4.69) is 11.4 Å². The second kappa shape index (κ2) is 5.44. The number of para-hydroxylation sites is 1. The minimum absolute atomic E-state index is 0. The van der Waals surface area contributed by atoms with Crippen LogP contribution in [0.5, 0.6) is 0 Å². The first kappa shape index (κ1) is 13.0. The maximum absolute atomic E-state index is 5.93. The SMILES string of the molecule is Clc1ccc2c(c1)[N-]c1ccccc1S2.[K+]. The van der Waals surface area contributed by atoms with E-state index in [1.807, 2.05) is 36.4 Å². The van der Waals surface area contributed by atoms with Gasteiger partial charge in [0.15, 0.2) is 0 Å². The van der Waals surface area contributed by atoms with E-state index in [4.69, 9.17) is 11.6 Å². The van der Waals surface area contributed by atoms with Gasteiger partial charge in [0.05, 0.1) is 0 Å². The maximum Gasteiger partial charge on any atom is 1.00 e. The summed E-state index contributed by atoms with van der Waals surface area (Å²) in [7, 11) is 0. The predicted molar refractivity (Wildman–Crippen MR) is 64.7 cm³/mol. The molecule has 0 atom stereocenters. The molecule has 1 nitrogen and oxygen atoms in total. The van der Waals surface area contributed by atoms with Gasteiger partial charge in [0.2, 0.25) is 0 Å². The molecule has 74 valence electrons. The molecule has 4 heteroatoms. The van der Waals surface area contributed by atoms with Gasteiger partial charge in [0.25, 0.3) is 0 Å². The molecule has 16 heavy (non-hydrogen) atoms. The van der Waals surface area contributed by atoms with E-state index in [9.17, 15) is 0 Å². The molecule has 0 aliphatic carbocycles. The van der Waals surface area contributed by atoms with Crippen molar-refractivity contribution in [1.29, 1.82) is 0 Å². The van der Waals surface area contributed by atoms with Gasteiger partial charge in [0, 0.05) is 5.02 Å². The number of fused-ring (bicyclic) bond motifs is 2. The van der Waals surface area contributed by atoms with E-state index >= 15 is 0 Å². The Morgan fingerprint density at radius 2 is 1.69 bits per heavy atom. The van der Waals surface area contributed by atoms with Crippen LogP contribution in [0.15, 0.2) is 52.3 Å². The number of rotatable bonds is 0. The van der Waals surface area contributed by atoms with Crippen LogP contribution in [0.25, 0.3) is 5.32 Å². The molecule has 0 bridgehead atoms. The molecule has 1 aliphatic heterocycles. The van der Waals surface area contributed by atoms with Gasteiger partial charge >= 0.3 is 51.4 Å². The Labute approximate surface area is 146 Å². The number of hydrogen-bond acceptors (Lipinski definition) is 1. The molecular weight excluding hydrogens is 265 g/mol. The summed E-state index contributed by atoms with van der Waals surface area (Å²) < 4.78 is 0. The van der Waals surface area contributed by atoms with Gasteiger partial charge < -0.3 is 5.32 Å². The number of hydrogen-bond donors (Lipinski definition) is 0. The van der Waals surface area contributed by atoms with Gasteiger partial charge in [-0.05, 0) is 28.0 Å². The largest absolute Gasteiger partial charge is 1.00 e. The summed E-state index contributed by atoms with van der Waals surface area (Å²) >= 11 is 7.67. The van der Waals surface area contributed by atoms with Crippen molar-refractivity contribution in [2.45, 2.75) is 9.79 Å². The molecule has 0 unspecified atom stereocenters. The Morgan fingerprint density at radius 1 is 0.938 bits per heavy atom. The third-order valence-corrected chi connectivity index (χ3v) is 3.61. The fourth-order valence-corrected chi connectivity index (χ4v) is 2.66.